The summed E-state index contributed by atoms with van der Waals surface area (Å²) >= 11 is 5.88. The van der Waals surface area contributed by atoms with Gasteiger partial charge in [0.15, 0.2) is 0 Å². The highest BCUT2D eigenvalue weighted by Gasteiger charge is 2.04. The highest BCUT2D eigenvalue weighted by molar-refractivity contribution is 7.79. The molecule has 0 saturated heterocycles. The van der Waals surface area contributed by atoms with E-state index in [-0.39, 0.29) is 0 Å². The molecule has 0 aliphatic rings. The Morgan fingerprint density at radius 3 is 2.88 bits per heavy atom. The van der Waals surface area contributed by atoms with Crippen molar-refractivity contribution in [1.82, 2.24) is 4.98 Å². The summed E-state index contributed by atoms with van der Waals surface area (Å²) in [6.07, 6.45) is 2.85. The molecule has 4 heteroatoms. The van der Waals surface area contributed by atoms with Gasteiger partial charge in [-0.05, 0) is 18.1 Å². The monoisotopic (exact) mass is 265 g/mol. The van der Waals surface area contributed by atoms with Crippen LogP contribution in [0.3, 0.4) is 0 Å². The molecule has 17 heavy (non-hydrogen) atoms. The van der Waals surface area contributed by atoms with Crippen molar-refractivity contribution in [2.45, 2.75) is 25.7 Å². The molecule has 2 aromatic rings. The average Bonchev–Trinajstić information content (AvgIpc) is 2.84. The molecule has 0 aliphatic heterocycles. The van der Waals surface area contributed by atoms with Crippen LogP contribution in [0.4, 0.5) is 0 Å². The largest absolute Gasteiger partial charge is 0.486 e. The summed E-state index contributed by atoms with van der Waals surface area (Å²) in [4.78, 5) is 5.48. The topological polar surface area (TPSA) is 22.1 Å². The van der Waals surface area contributed by atoms with Gasteiger partial charge in [0, 0.05) is 16.8 Å². The Kier molecular flexibility index (Phi) is 4.45. The molecule has 0 atom stereocenters. The van der Waals surface area contributed by atoms with Crippen LogP contribution in [0.1, 0.15) is 22.4 Å². The van der Waals surface area contributed by atoms with Crippen LogP contribution in [0.2, 0.25) is 0 Å². The summed E-state index contributed by atoms with van der Waals surface area (Å²) in [5.74, 6) is 1.70. The number of nitrogens with zero attached hydrogens (tertiary/aromatic N) is 1. The smallest absolute Gasteiger partial charge is 0.140 e. The fraction of sp³-hybridized carbons (Fsp3) is 0.308. The van der Waals surface area contributed by atoms with Gasteiger partial charge in [-0.3, -0.25) is 0 Å². The Hall–Kier alpha value is -1.000. The zero-order valence-corrected chi connectivity index (χ0v) is 11.4. The lowest BCUT2D eigenvalue weighted by Crippen LogP contribution is -1.97. The molecule has 2 nitrogen and oxygen atoms in total. The van der Waals surface area contributed by atoms with Crippen molar-refractivity contribution in [2.75, 3.05) is 0 Å². The first-order chi connectivity index (χ1) is 8.33. The number of thiol groups is 1. The van der Waals surface area contributed by atoms with Gasteiger partial charge in [-0.1, -0.05) is 25.1 Å². The molecule has 1 aromatic heterocycles. The molecule has 0 N–H and O–H groups in total. The SMILES string of the molecule is CCc1ccccc1OCc1ncc(CS)s1. The van der Waals surface area contributed by atoms with Gasteiger partial charge in [0.05, 0.1) is 0 Å². The third-order valence-corrected chi connectivity index (χ3v) is 3.99. The van der Waals surface area contributed by atoms with Crippen molar-refractivity contribution in [3.8, 4) is 5.75 Å². The maximum atomic E-state index is 5.79. The predicted octanol–water partition coefficient (Wildman–Crippen LogP) is 3.71. The maximum absolute atomic E-state index is 5.79. The number of rotatable bonds is 5. The summed E-state index contributed by atoms with van der Waals surface area (Å²) in [6, 6.07) is 8.13. The zero-order chi connectivity index (χ0) is 12.1. The fourth-order valence-electron chi connectivity index (χ4n) is 1.56. The minimum atomic E-state index is 0.537. The number of aromatic nitrogens is 1. The van der Waals surface area contributed by atoms with Crippen LogP contribution in [0.25, 0.3) is 0 Å². The molecular weight excluding hydrogens is 250 g/mol. The third kappa shape index (κ3) is 3.23. The Morgan fingerprint density at radius 1 is 1.35 bits per heavy atom. The average molecular weight is 265 g/mol. The predicted molar refractivity (Wildman–Crippen MR) is 75.0 cm³/mol. The second-order valence-corrected chi connectivity index (χ2v) is 5.14. The highest BCUT2D eigenvalue weighted by atomic mass is 32.1. The second-order valence-electron chi connectivity index (χ2n) is 3.63. The van der Waals surface area contributed by atoms with Crippen LogP contribution >= 0.6 is 24.0 Å². The molecule has 0 amide bonds. The molecule has 0 radical (unpaired) electrons. The number of benzene rings is 1. The first kappa shape index (κ1) is 12.5. The van der Waals surface area contributed by atoms with E-state index in [9.17, 15) is 0 Å². The van der Waals surface area contributed by atoms with Gasteiger partial charge >= 0.3 is 0 Å². The lowest BCUT2D eigenvalue weighted by atomic mass is 10.1. The Balaban J connectivity index is 2.01. The number of hydrogen-bond donors (Lipinski definition) is 1. The van der Waals surface area contributed by atoms with Crippen LogP contribution in [0, 0.1) is 0 Å². The van der Waals surface area contributed by atoms with Crippen molar-refractivity contribution in [2.24, 2.45) is 0 Å². The summed E-state index contributed by atoms with van der Waals surface area (Å²) in [7, 11) is 0. The van der Waals surface area contributed by atoms with E-state index in [4.69, 9.17) is 4.74 Å². The van der Waals surface area contributed by atoms with E-state index in [2.05, 4.69) is 30.6 Å². The number of para-hydroxylation sites is 1. The van der Waals surface area contributed by atoms with E-state index in [1.165, 1.54) is 10.4 Å². The highest BCUT2D eigenvalue weighted by Crippen LogP contribution is 2.21. The molecule has 0 spiro atoms. The van der Waals surface area contributed by atoms with Crippen molar-refractivity contribution < 1.29 is 4.74 Å². The molecule has 0 bridgehead atoms. The minimum absolute atomic E-state index is 0.537. The summed E-state index contributed by atoms with van der Waals surface area (Å²) in [5.41, 5.74) is 1.23. The summed E-state index contributed by atoms with van der Waals surface area (Å²) in [6.45, 7) is 2.67. The molecule has 0 aliphatic carbocycles. The quantitative estimate of drug-likeness (QED) is 0.832. The molecule has 1 aromatic carbocycles. The van der Waals surface area contributed by atoms with Crippen molar-refractivity contribution >= 4 is 24.0 Å². The normalized spacial score (nSPS) is 10.5. The van der Waals surface area contributed by atoms with Gasteiger partial charge in [0.1, 0.15) is 17.4 Å². The van der Waals surface area contributed by atoms with Gasteiger partial charge in [0.2, 0.25) is 0 Å². The fourth-order valence-corrected chi connectivity index (χ4v) is 2.54. The summed E-state index contributed by atoms with van der Waals surface area (Å²) in [5, 5.41) is 1.000. The molecule has 0 fully saturated rings. The van der Waals surface area contributed by atoms with Crippen LogP contribution in [-0.4, -0.2) is 4.98 Å². The third-order valence-electron chi connectivity index (χ3n) is 2.46. The molecule has 1 heterocycles. The Labute approximate surface area is 111 Å². The number of ether oxygens (including phenoxy) is 1. The molecule has 0 saturated carbocycles. The first-order valence-electron chi connectivity index (χ1n) is 5.58. The lowest BCUT2D eigenvalue weighted by Gasteiger charge is -2.08. The van der Waals surface area contributed by atoms with Crippen molar-refractivity contribution in [3.63, 3.8) is 0 Å². The van der Waals surface area contributed by atoms with E-state index in [1.807, 2.05) is 24.4 Å². The standard InChI is InChI=1S/C13H15NOS2/c1-2-10-5-3-4-6-12(10)15-8-13-14-7-11(9-16)17-13/h3-7,16H,2,8-9H2,1H3. The molecule has 0 unspecified atom stereocenters. The van der Waals surface area contributed by atoms with Gasteiger partial charge < -0.3 is 4.74 Å². The number of aryl methyl sites for hydroxylation is 1. The molecule has 90 valence electrons. The van der Waals surface area contributed by atoms with Crippen molar-refractivity contribution in [3.05, 3.63) is 45.9 Å². The van der Waals surface area contributed by atoms with E-state index < -0.39 is 0 Å². The van der Waals surface area contributed by atoms with E-state index in [0.29, 0.717) is 6.61 Å². The van der Waals surface area contributed by atoms with E-state index in [1.54, 1.807) is 11.3 Å². The van der Waals surface area contributed by atoms with E-state index in [0.717, 1.165) is 22.9 Å². The zero-order valence-electron chi connectivity index (χ0n) is 9.72. The number of hydrogen-bond acceptors (Lipinski definition) is 4. The lowest BCUT2D eigenvalue weighted by molar-refractivity contribution is 0.302. The summed E-state index contributed by atoms with van der Waals surface area (Å²) < 4.78 is 5.79. The van der Waals surface area contributed by atoms with Crippen LogP contribution in [0.15, 0.2) is 30.5 Å². The van der Waals surface area contributed by atoms with Crippen LogP contribution < -0.4 is 4.74 Å². The van der Waals surface area contributed by atoms with Gasteiger partial charge in [0.25, 0.3) is 0 Å². The first-order valence-corrected chi connectivity index (χ1v) is 7.03. The molecule has 2 rings (SSSR count). The van der Waals surface area contributed by atoms with E-state index >= 15 is 0 Å². The second kappa shape index (κ2) is 6.07. The van der Waals surface area contributed by atoms with Gasteiger partial charge in [-0.15, -0.1) is 11.3 Å². The number of thiazole rings is 1. The van der Waals surface area contributed by atoms with Crippen molar-refractivity contribution in [1.29, 1.82) is 0 Å². The Bertz CT molecular complexity index is 482. The van der Waals surface area contributed by atoms with Crippen LogP contribution in [0.5, 0.6) is 5.75 Å². The Morgan fingerprint density at radius 2 is 2.18 bits per heavy atom. The van der Waals surface area contributed by atoms with Crippen LogP contribution in [-0.2, 0) is 18.8 Å². The van der Waals surface area contributed by atoms with Gasteiger partial charge in [-0.2, -0.15) is 12.6 Å². The van der Waals surface area contributed by atoms with Gasteiger partial charge in [-0.25, -0.2) is 4.98 Å². The maximum Gasteiger partial charge on any atom is 0.140 e. The molecular formula is C13H15NOS2. The minimum Gasteiger partial charge on any atom is -0.486 e.